The number of carbonyl (C=O) groups is 1. The van der Waals surface area contributed by atoms with E-state index >= 15 is 4.39 Å². The number of hydrogen-bond donors (Lipinski definition) is 1. The fourth-order valence-corrected chi connectivity index (χ4v) is 5.02. The summed E-state index contributed by atoms with van der Waals surface area (Å²) in [5.74, 6) is -1.40. The number of fused-ring (bicyclic) bond motifs is 2. The number of imidazole rings is 2. The van der Waals surface area contributed by atoms with E-state index in [9.17, 15) is 14.3 Å². The van der Waals surface area contributed by atoms with Gasteiger partial charge < -0.3 is 23.5 Å². The van der Waals surface area contributed by atoms with E-state index < -0.39 is 17.6 Å². The summed E-state index contributed by atoms with van der Waals surface area (Å²) in [6.07, 6.45) is 3.30. The minimum atomic E-state index is -1.06. The molecule has 6 aromatic rings. The number of halogens is 2. The molecule has 2 aromatic carbocycles. The van der Waals surface area contributed by atoms with Gasteiger partial charge in [0.2, 0.25) is 5.88 Å². The Bertz CT molecular complexity index is 2080. The topological polar surface area (TPSA) is 128 Å². The van der Waals surface area contributed by atoms with Crippen molar-refractivity contribution >= 4 is 22.6 Å². The van der Waals surface area contributed by atoms with Crippen LogP contribution in [0.25, 0.3) is 27.9 Å². The first-order chi connectivity index (χ1) is 21.4. The summed E-state index contributed by atoms with van der Waals surface area (Å²) < 4.78 is 44.7. The van der Waals surface area contributed by atoms with Gasteiger partial charge in [0, 0.05) is 49.7 Å². The van der Waals surface area contributed by atoms with Gasteiger partial charge in [-0.3, -0.25) is 0 Å². The van der Waals surface area contributed by atoms with E-state index in [1.807, 2.05) is 10.6 Å². The van der Waals surface area contributed by atoms with Gasteiger partial charge in [-0.05, 0) is 42.5 Å². The van der Waals surface area contributed by atoms with Gasteiger partial charge in [0.15, 0.2) is 0 Å². The Morgan fingerprint density at radius 2 is 1.93 bits per heavy atom. The van der Waals surface area contributed by atoms with Crippen molar-refractivity contribution in [1.29, 1.82) is 5.26 Å². The highest BCUT2D eigenvalue weighted by molar-refractivity contribution is 5.92. The maximum Gasteiger partial charge on any atom is 0.335 e. The zero-order valence-electron chi connectivity index (χ0n) is 23.4. The number of methoxy groups -OCH3 is 1. The Hall–Kier alpha value is -5.67. The molecule has 0 atom stereocenters. The maximum absolute atomic E-state index is 15.9. The van der Waals surface area contributed by atoms with E-state index in [1.165, 1.54) is 24.3 Å². The highest BCUT2D eigenvalue weighted by Gasteiger charge is 2.20. The zero-order valence-corrected chi connectivity index (χ0v) is 23.4. The van der Waals surface area contributed by atoms with Gasteiger partial charge in [-0.1, -0.05) is 12.1 Å². The number of nitriles is 1. The van der Waals surface area contributed by atoms with Gasteiger partial charge in [0.05, 0.1) is 46.2 Å². The molecule has 44 heavy (non-hydrogen) atoms. The van der Waals surface area contributed by atoms with Crippen molar-refractivity contribution in [3.8, 4) is 23.2 Å². The predicted octanol–water partition coefficient (Wildman–Crippen LogP) is 5.41. The molecule has 4 aromatic heterocycles. The van der Waals surface area contributed by atoms with Crippen LogP contribution in [0.15, 0.2) is 73.1 Å². The van der Waals surface area contributed by atoms with Gasteiger partial charge in [-0.2, -0.15) is 5.26 Å². The molecule has 0 aliphatic rings. The van der Waals surface area contributed by atoms with Crippen molar-refractivity contribution in [3.05, 3.63) is 113 Å². The molecule has 0 saturated carbocycles. The van der Waals surface area contributed by atoms with E-state index in [1.54, 1.807) is 54.2 Å². The Morgan fingerprint density at radius 3 is 2.70 bits per heavy atom. The smallest absolute Gasteiger partial charge is 0.335 e. The largest absolute Gasteiger partial charge is 0.478 e. The van der Waals surface area contributed by atoms with Crippen molar-refractivity contribution in [1.82, 2.24) is 23.9 Å². The molecule has 10 nitrogen and oxygen atoms in total. The number of hydrogen-bond acceptors (Lipinski definition) is 7. The minimum absolute atomic E-state index is 0.0898. The van der Waals surface area contributed by atoms with Gasteiger partial charge in [-0.25, -0.2) is 28.5 Å². The van der Waals surface area contributed by atoms with Crippen molar-refractivity contribution in [2.45, 2.75) is 19.6 Å². The standard InChI is InChI=1S/C32H24F2N6O4/c1-43-12-11-39-28-14-20(32(41)42)7-8-26(28)37-29(39)16-27-24(34)15-22(31-36-9-10-40(27)31)25-3-2-4-30(38-25)44-18-21-6-5-19(17-35)13-23(21)33/h2-10,13-15H,11-12,16,18H2,1H3,(H,41,42). The number of carboxylic acid groups (broad SMARTS) is 1. The van der Waals surface area contributed by atoms with Gasteiger partial charge in [-0.15, -0.1) is 0 Å². The third kappa shape index (κ3) is 5.44. The molecule has 0 saturated heterocycles. The van der Waals surface area contributed by atoms with E-state index in [0.29, 0.717) is 52.6 Å². The second kappa shape index (κ2) is 11.9. The molecule has 0 aliphatic heterocycles. The summed E-state index contributed by atoms with van der Waals surface area (Å²) in [4.78, 5) is 25.2. The van der Waals surface area contributed by atoms with E-state index in [0.717, 1.165) is 6.07 Å². The first-order valence-electron chi connectivity index (χ1n) is 13.5. The number of ether oxygens (including phenoxy) is 2. The molecule has 0 spiro atoms. The number of pyridine rings is 2. The number of aromatic nitrogens is 5. The molecular formula is C32H24F2N6O4. The molecule has 4 heterocycles. The summed E-state index contributed by atoms with van der Waals surface area (Å²) >= 11 is 0. The average Bonchev–Trinajstić information content (AvgIpc) is 3.65. The summed E-state index contributed by atoms with van der Waals surface area (Å²) in [6.45, 7) is 0.624. The lowest BCUT2D eigenvalue weighted by atomic mass is 10.1. The number of benzene rings is 2. The summed E-state index contributed by atoms with van der Waals surface area (Å²) in [5, 5.41) is 18.4. The second-order valence-electron chi connectivity index (χ2n) is 9.90. The van der Waals surface area contributed by atoms with Crippen LogP contribution < -0.4 is 4.74 Å². The molecule has 0 amide bonds. The third-order valence-electron chi connectivity index (χ3n) is 7.20. The van der Waals surface area contributed by atoms with Crippen molar-refractivity contribution in [2.75, 3.05) is 13.7 Å². The monoisotopic (exact) mass is 594 g/mol. The minimum Gasteiger partial charge on any atom is -0.478 e. The molecule has 220 valence electrons. The normalized spacial score (nSPS) is 11.2. The summed E-state index contributed by atoms with van der Waals surface area (Å²) in [6, 6.07) is 17.0. The third-order valence-corrected chi connectivity index (χ3v) is 7.20. The van der Waals surface area contributed by atoms with Crippen LogP contribution in [0.3, 0.4) is 0 Å². The molecule has 1 N–H and O–H groups in total. The first kappa shape index (κ1) is 28.4. The van der Waals surface area contributed by atoms with Crippen LogP contribution in [0.1, 0.15) is 33.0 Å². The number of aromatic carboxylic acids is 1. The lowest BCUT2D eigenvalue weighted by Crippen LogP contribution is -2.12. The maximum atomic E-state index is 15.9. The Kier molecular flexibility index (Phi) is 7.70. The molecule has 0 unspecified atom stereocenters. The average molecular weight is 595 g/mol. The predicted molar refractivity (Wildman–Crippen MR) is 155 cm³/mol. The number of carboxylic acids is 1. The molecule has 0 aliphatic carbocycles. The quantitative estimate of drug-likeness (QED) is 0.223. The van der Waals surface area contributed by atoms with Gasteiger partial charge >= 0.3 is 5.97 Å². The zero-order chi connectivity index (χ0) is 30.8. The van der Waals surface area contributed by atoms with Crippen LogP contribution in [-0.2, 0) is 24.3 Å². The second-order valence-corrected chi connectivity index (χ2v) is 9.90. The summed E-state index contributed by atoms with van der Waals surface area (Å²) in [5.41, 5.74) is 3.37. The Morgan fingerprint density at radius 1 is 1.07 bits per heavy atom. The van der Waals surface area contributed by atoms with Crippen LogP contribution in [0.5, 0.6) is 5.88 Å². The van der Waals surface area contributed by atoms with Crippen LogP contribution in [0, 0.1) is 23.0 Å². The molecule has 12 heteroatoms. The van der Waals surface area contributed by atoms with Crippen LogP contribution in [-0.4, -0.2) is 48.7 Å². The van der Waals surface area contributed by atoms with Crippen molar-refractivity contribution < 1.29 is 28.2 Å². The molecular weight excluding hydrogens is 570 g/mol. The fraction of sp³-hybridized carbons (Fsp3) is 0.156. The van der Waals surface area contributed by atoms with E-state index in [-0.39, 0.29) is 35.6 Å². The number of rotatable bonds is 10. The van der Waals surface area contributed by atoms with E-state index in [2.05, 4.69) is 15.0 Å². The lowest BCUT2D eigenvalue weighted by molar-refractivity contribution is 0.0697. The Balaban J connectivity index is 1.33. The molecule has 0 radical (unpaired) electrons. The fourth-order valence-electron chi connectivity index (χ4n) is 5.02. The molecule has 6 rings (SSSR count). The Labute approximate surface area is 249 Å². The van der Waals surface area contributed by atoms with Gasteiger partial charge in [0.25, 0.3) is 0 Å². The summed E-state index contributed by atoms with van der Waals surface area (Å²) in [7, 11) is 1.56. The van der Waals surface area contributed by atoms with Crippen LogP contribution in [0.2, 0.25) is 0 Å². The SMILES string of the molecule is COCCn1c(Cc2c(F)cc(-c3cccc(OCc4ccc(C#N)cc4F)n3)c3nccn23)nc2ccc(C(=O)O)cc21. The molecule has 0 bridgehead atoms. The number of nitrogens with zero attached hydrogens (tertiary/aromatic N) is 6. The van der Waals surface area contributed by atoms with Crippen molar-refractivity contribution in [2.24, 2.45) is 0 Å². The van der Waals surface area contributed by atoms with Gasteiger partial charge in [0.1, 0.15) is 29.7 Å². The van der Waals surface area contributed by atoms with Crippen LogP contribution >= 0.6 is 0 Å². The van der Waals surface area contributed by atoms with Crippen LogP contribution in [0.4, 0.5) is 8.78 Å². The molecule has 0 fully saturated rings. The van der Waals surface area contributed by atoms with Crippen molar-refractivity contribution in [3.63, 3.8) is 0 Å². The van der Waals surface area contributed by atoms with E-state index in [4.69, 9.17) is 14.7 Å². The first-order valence-corrected chi connectivity index (χ1v) is 13.5. The highest BCUT2D eigenvalue weighted by Crippen LogP contribution is 2.29. The lowest BCUT2D eigenvalue weighted by Gasteiger charge is -2.13. The highest BCUT2D eigenvalue weighted by atomic mass is 19.1.